The fraction of sp³-hybridized carbons (Fsp3) is 0.250. The maximum atomic E-state index is 11.7. The molecule has 19 heavy (non-hydrogen) atoms. The standard InChI is InChI=1S/C12H14ClN3O2S/c13-7-1-9-19(17,18)16-11-4-2-10(3-5-11)12-6-8-14-15-12/h2-6,8,16H,1,7,9H2,(H,14,15). The second-order valence-electron chi connectivity index (χ2n) is 4.01. The number of nitrogens with zero attached hydrogens (tertiary/aromatic N) is 1. The van der Waals surface area contributed by atoms with Gasteiger partial charge in [0, 0.05) is 17.8 Å². The minimum atomic E-state index is -3.32. The number of anilines is 1. The van der Waals surface area contributed by atoms with Crippen molar-refractivity contribution in [1.29, 1.82) is 0 Å². The van der Waals surface area contributed by atoms with E-state index in [1.165, 1.54) is 0 Å². The maximum Gasteiger partial charge on any atom is 0.232 e. The first kappa shape index (κ1) is 13.9. The van der Waals surface area contributed by atoms with Crippen LogP contribution in [0.1, 0.15) is 6.42 Å². The van der Waals surface area contributed by atoms with Crippen LogP contribution in [0.2, 0.25) is 0 Å². The first-order valence-corrected chi connectivity index (χ1v) is 7.96. The van der Waals surface area contributed by atoms with E-state index in [0.717, 1.165) is 11.3 Å². The Kier molecular flexibility index (Phi) is 4.44. The van der Waals surface area contributed by atoms with Crippen molar-refractivity contribution < 1.29 is 8.42 Å². The molecule has 0 amide bonds. The summed E-state index contributed by atoms with van der Waals surface area (Å²) in [6, 6.07) is 8.93. The van der Waals surface area contributed by atoms with Crippen molar-refractivity contribution in [3.8, 4) is 11.3 Å². The molecule has 0 saturated heterocycles. The van der Waals surface area contributed by atoms with Crippen molar-refractivity contribution in [2.24, 2.45) is 0 Å². The lowest BCUT2D eigenvalue weighted by molar-refractivity contribution is 0.600. The molecule has 2 aromatic rings. The van der Waals surface area contributed by atoms with Gasteiger partial charge in [0.25, 0.3) is 0 Å². The van der Waals surface area contributed by atoms with Crippen LogP contribution in [-0.4, -0.2) is 30.2 Å². The molecule has 1 aromatic carbocycles. The Labute approximate surface area is 117 Å². The molecule has 2 N–H and O–H groups in total. The predicted molar refractivity (Wildman–Crippen MR) is 76.8 cm³/mol. The molecule has 0 fully saturated rings. The molecule has 1 heterocycles. The zero-order valence-corrected chi connectivity index (χ0v) is 11.7. The Hall–Kier alpha value is -1.53. The molecule has 0 bridgehead atoms. The van der Waals surface area contributed by atoms with Gasteiger partial charge in [-0.2, -0.15) is 5.10 Å². The highest BCUT2D eigenvalue weighted by Gasteiger charge is 2.09. The molecule has 0 aliphatic heterocycles. The van der Waals surface area contributed by atoms with Gasteiger partial charge in [0.05, 0.1) is 11.4 Å². The van der Waals surface area contributed by atoms with Crippen LogP contribution in [0.3, 0.4) is 0 Å². The maximum absolute atomic E-state index is 11.7. The lowest BCUT2D eigenvalue weighted by Crippen LogP contribution is -2.16. The number of halogens is 1. The first-order valence-electron chi connectivity index (χ1n) is 5.77. The van der Waals surface area contributed by atoms with E-state index in [4.69, 9.17) is 11.6 Å². The smallest absolute Gasteiger partial charge is 0.232 e. The van der Waals surface area contributed by atoms with Crippen molar-refractivity contribution >= 4 is 27.3 Å². The number of hydrogen-bond acceptors (Lipinski definition) is 3. The van der Waals surface area contributed by atoms with Crippen molar-refractivity contribution in [2.45, 2.75) is 6.42 Å². The van der Waals surface area contributed by atoms with E-state index in [9.17, 15) is 8.42 Å². The normalized spacial score (nSPS) is 11.4. The van der Waals surface area contributed by atoms with Crippen LogP contribution in [0, 0.1) is 0 Å². The van der Waals surface area contributed by atoms with Gasteiger partial charge in [0.1, 0.15) is 0 Å². The highest BCUT2D eigenvalue weighted by Crippen LogP contribution is 2.19. The molecule has 102 valence electrons. The molecule has 1 aromatic heterocycles. The van der Waals surface area contributed by atoms with Gasteiger partial charge in [-0.1, -0.05) is 12.1 Å². The molecule has 5 nitrogen and oxygen atoms in total. The van der Waals surface area contributed by atoms with Crippen LogP contribution < -0.4 is 4.72 Å². The fourth-order valence-electron chi connectivity index (χ4n) is 1.61. The van der Waals surface area contributed by atoms with Gasteiger partial charge < -0.3 is 0 Å². The average Bonchev–Trinajstić information content (AvgIpc) is 2.91. The molecule has 0 spiro atoms. The fourth-order valence-corrected chi connectivity index (χ4v) is 3.02. The molecule has 0 aliphatic carbocycles. The Morgan fingerprint density at radius 1 is 1.21 bits per heavy atom. The number of alkyl halides is 1. The van der Waals surface area contributed by atoms with E-state index in [0.29, 0.717) is 18.0 Å². The van der Waals surface area contributed by atoms with Crippen LogP contribution in [0.15, 0.2) is 36.5 Å². The van der Waals surface area contributed by atoms with Crippen LogP contribution in [0.4, 0.5) is 5.69 Å². The molecule has 0 atom stereocenters. The first-order chi connectivity index (χ1) is 9.11. The van der Waals surface area contributed by atoms with E-state index in [2.05, 4.69) is 14.9 Å². The molecule has 2 rings (SSSR count). The van der Waals surface area contributed by atoms with Gasteiger partial charge in [-0.25, -0.2) is 8.42 Å². The number of hydrogen-bond donors (Lipinski definition) is 2. The number of aromatic amines is 1. The SMILES string of the molecule is O=S(=O)(CCCCl)Nc1ccc(-c2ccn[nH]2)cc1. The van der Waals surface area contributed by atoms with Crippen LogP contribution >= 0.6 is 11.6 Å². The molecule has 0 saturated carbocycles. The highest BCUT2D eigenvalue weighted by molar-refractivity contribution is 7.92. The Bertz CT molecular complexity index is 609. The quantitative estimate of drug-likeness (QED) is 0.805. The number of H-pyrrole nitrogens is 1. The molecule has 7 heteroatoms. The third-order valence-corrected chi connectivity index (χ3v) is 4.16. The number of rotatable bonds is 6. The van der Waals surface area contributed by atoms with Crippen molar-refractivity contribution in [1.82, 2.24) is 10.2 Å². The zero-order valence-electron chi connectivity index (χ0n) is 10.1. The van der Waals surface area contributed by atoms with Gasteiger partial charge in [-0.15, -0.1) is 11.6 Å². The minimum Gasteiger partial charge on any atom is -0.284 e. The molecular weight excluding hydrogens is 286 g/mol. The van der Waals surface area contributed by atoms with Crippen LogP contribution in [0.5, 0.6) is 0 Å². The Balaban J connectivity index is 2.07. The molecule has 0 unspecified atom stereocenters. The summed E-state index contributed by atoms with van der Waals surface area (Å²) in [5, 5.41) is 6.71. The van der Waals surface area contributed by atoms with Gasteiger partial charge in [0.2, 0.25) is 10.0 Å². The van der Waals surface area contributed by atoms with Crippen molar-refractivity contribution in [3.63, 3.8) is 0 Å². The monoisotopic (exact) mass is 299 g/mol. The number of aromatic nitrogens is 2. The van der Waals surface area contributed by atoms with Crippen molar-refractivity contribution in [3.05, 3.63) is 36.5 Å². The molecular formula is C12H14ClN3O2S. The topological polar surface area (TPSA) is 74.8 Å². The van der Waals surface area contributed by atoms with E-state index >= 15 is 0 Å². The zero-order chi connectivity index (χ0) is 13.7. The highest BCUT2D eigenvalue weighted by atomic mass is 35.5. The van der Waals surface area contributed by atoms with Gasteiger partial charge in [0.15, 0.2) is 0 Å². The summed E-state index contributed by atoms with van der Waals surface area (Å²) in [6.07, 6.45) is 2.10. The lowest BCUT2D eigenvalue weighted by atomic mass is 10.1. The third kappa shape index (κ3) is 3.97. The summed E-state index contributed by atoms with van der Waals surface area (Å²) < 4.78 is 25.9. The van der Waals surface area contributed by atoms with E-state index in [1.54, 1.807) is 18.3 Å². The van der Waals surface area contributed by atoms with Gasteiger partial charge in [-0.05, 0) is 30.2 Å². The van der Waals surface area contributed by atoms with E-state index in [-0.39, 0.29) is 5.75 Å². The van der Waals surface area contributed by atoms with Gasteiger partial charge >= 0.3 is 0 Å². The largest absolute Gasteiger partial charge is 0.284 e. The number of nitrogens with one attached hydrogen (secondary N) is 2. The second kappa shape index (κ2) is 6.08. The number of sulfonamides is 1. The summed E-state index contributed by atoms with van der Waals surface area (Å²) in [5.74, 6) is 0.360. The lowest BCUT2D eigenvalue weighted by Gasteiger charge is -2.07. The van der Waals surface area contributed by atoms with Crippen LogP contribution in [-0.2, 0) is 10.0 Å². The summed E-state index contributed by atoms with van der Waals surface area (Å²) in [4.78, 5) is 0. The van der Waals surface area contributed by atoms with Gasteiger partial charge in [-0.3, -0.25) is 9.82 Å². The van der Waals surface area contributed by atoms with E-state index < -0.39 is 10.0 Å². The average molecular weight is 300 g/mol. The Morgan fingerprint density at radius 3 is 2.53 bits per heavy atom. The summed E-state index contributed by atoms with van der Waals surface area (Å²) in [5.41, 5.74) is 2.37. The molecule has 0 aliphatic rings. The van der Waals surface area contributed by atoms with Crippen LogP contribution in [0.25, 0.3) is 11.3 Å². The summed E-state index contributed by atoms with van der Waals surface area (Å²) in [6.45, 7) is 0. The predicted octanol–water partition coefficient (Wildman–Crippen LogP) is 2.45. The molecule has 0 radical (unpaired) electrons. The summed E-state index contributed by atoms with van der Waals surface area (Å²) in [7, 11) is -3.32. The van der Waals surface area contributed by atoms with Crippen molar-refractivity contribution in [2.75, 3.05) is 16.4 Å². The minimum absolute atomic E-state index is 0.0266. The second-order valence-corrected chi connectivity index (χ2v) is 6.23. The third-order valence-electron chi connectivity index (χ3n) is 2.52. The van der Waals surface area contributed by atoms with E-state index in [1.807, 2.05) is 18.2 Å². The number of benzene rings is 1. The Morgan fingerprint density at radius 2 is 1.95 bits per heavy atom. The summed E-state index contributed by atoms with van der Waals surface area (Å²) >= 11 is 5.49.